The Kier molecular flexibility index (Phi) is 5.45. The van der Waals surface area contributed by atoms with E-state index in [0.29, 0.717) is 11.4 Å². The molecule has 0 fully saturated rings. The first-order chi connectivity index (χ1) is 9.08. The highest BCUT2D eigenvalue weighted by atomic mass is 79.9. The summed E-state index contributed by atoms with van der Waals surface area (Å²) in [5, 5.41) is 2.61. The van der Waals surface area contributed by atoms with Crippen molar-refractivity contribution in [2.45, 2.75) is 5.38 Å². The van der Waals surface area contributed by atoms with Gasteiger partial charge in [0.2, 0.25) is 0 Å². The van der Waals surface area contributed by atoms with Crippen LogP contribution in [0, 0.1) is 0 Å². The van der Waals surface area contributed by atoms with Crippen molar-refractivity contribution in [3.63, 3.8) is 0 Å². The van der Waals surface area contributed by atoms with Gasteiger partial charge in [-0.15, -0.1) is 22.9 Å². The smallest absolute Gasteiger partial charge is 0.261 e. The van der Waals surface area contributed by atoms with Crippen LogP contribution in [-0.4, -0.2) is 12.5 Å². The summed E-state index contributed by atoms with van der Waals surface area (Å²) in [6, 6.07) is 11.5. The lowest BCUT2D eigenvalue weighted by Gasteiger charge is -2.10. The van der Waals surface area contributed by atoms with Gasteiger partial charge in [0, 0.05) is 11.0 Å². The van der Waals surface area contributed by atoms with E-state index in [1.54, 1.807) is 6.07 Å². The first-order valence-corrected chi connectivity index (χ1v) is 8.34. The Morgan fingerprint density at radius 1 is 1.32 bits per heavy atom. The molecule has 19 heavy (non-hydrogen) atoms. The van der Waals surface area contributed by atoms with Gasteiger partial charge in [0.1, 0.15) is 0 Å². The summed E-state index contributed by atoms with van der Waals surface area (Å²) < 4.78 is 1.79. The van der Waals surface area contributed by atoms with Gasteiger partial charge in [-0.3, -0.25) is 4.79 Å². The van der Waals surface area contributed by atoms with Crippen LogP contribution in [0.3, 0.4) is 0 Å². The number of rotatable bonds is 4. The molecule has 1 aromatic carbocycles. The zero-order chi connectivity index (χ0) is 13.8. The Morgan fingerprint density at radius 3 is 2.58 bits per heavy atom. The fourth-order valence-corrected chi connectivity index (χ4v) is 3.68. The first-order valence-electron chi connectivity index (χ1n) is 5.50. The molecule has 0 aliphatic rings. The van der Waals surface area contributed by atoms with E-state index in [0.717, 1.165) is 13.8 Å². The van der Waals surface area contributed by atoms with Crippen LogP contribution in [0.5, 0.6) is 0 Å². The van der Waals surface area contributed by atoms with Crippen molar-refractivity contribution in [3.8, 4) is 0 Å². The van der Waals surface area contributed by atoms with Crippen molar-refractivity contribution in [1.82, 2.24) is 5.32 Å². The molecule has 0 radical (unpaired) electrons. The molecule has 1 amide bonds. The van der Waals surface area contributed by atoms with E-state index in [2.05, 4.69) is 37.2 Å². The number of alkyl halides is 1. The molecule has 6 heteroatoms. The van der Waals surface area contributed by atoms with Gasteiger partial charge in [-0.05, 0) is 43.5 Å². The van der Waals surface area contributed by atoms with E-state index < -0.39 is 0 Å². The molecule has 0 aliphatic heterocycles. The number of benzene rings is 1. The van der Waals surface area contributed by atoms with Crippen molar-refractivity contribution in [1.29, 1.82) is 0 Å². The van der Waals surface area contributed by atoms with Crippen molar-refractivity contribution < 1.29 is 4.79 Å². The summed E-state index contributed by atoms with van der Waals surface area (Å²) >= 11 is 14.4. The minimum atomic E-state index is -0.225. The monoisotopic (exact) mass is 421 g/mol. The third-order valence-corrected chi connectivity index (χ3v) is 6.13. The van der Waals surface area contributed by atoms with Crippen LogP contribution in [0.2, 0.25) is 0 Å². The third kappa shape index (κ3) is 4.05. The fourth-order valence-electron chi connectivity index (χ4n) is 1.51. The zero-order valence-corrected chi connectivity index (χ0v) is 14.4. The highest BCUT2D eigenvalue weighted by Gasteiger charge is 2.14. The molecule has 1 N–H and O–H groups in total. The molecule has 100 valence electrons. The molecule has 2 aromatic rings. The molecule has 2 rings (SSSR count). The minimum Gasteiger partial charge on any atom is -0.350 e. The van der Waals surface area contributed by atoms with E-state index in [4.69, 9.17) is 11.6 Å². The number of halogens is 3. The quantitative estimate of drug-likeness (QED) is 0.690. The van der Waals surface area contributed by atoms with Crippen LogP contribution in [0.4, 0.5) is 0 Å². The van der Waals surface area contributed by atoms with Crippen LogP contribution in [0.1, 0.15) is 20.6 Å². The second kappa shape index (κ2) is 6.88. The largest absolute Gasteiger partial charge is 0.350 e. The van der Waals surface area contributed by atoms with E-state index in [-0.39, 0.29) is 11.3 Å². The normalized spacial score (nSPS) is 12.2. The highest BCUT2D eigenvalue weighted by molar-refractivity contribution is 9.13. The van der Waals surface area contributed by atoms with Crippen molar-refractivity contribution >= 4 is 60.7 Å². The van der Waals surface area contributed by atoms with Gasteiger partial charge in [0.15, 0.2) is 0 Å². The van der Waals surface area contributed by atoms with Gasteiger partial charge < -0.3 is 5.32 Å². The summed E-state index contributed by atoms with van der Waals surface area (Å²) in [5.74, 6) is -0.113. The topological polar surface area (TPSA) is 29.1 Å². The maximum absolute atomic E-state index is 11.9. The molecule has 1 unspecified atom stereocenters. The first kappa shape index (κ1) is 15.0. The number of thiophene rings is 1. The van der Waals surface area contributed by atoms with Gasteiger partial charge in [0.05, 0.1) is 14.0 Å². The fraction of sp³-hybridized carbons (Fsp3) is 0.154. The Balaban J connectivity index is 1.94. The predicted octanol–water partition coefficient (Wildman–Crippen LogP) is 4.98. The molecule has 0 saturated carbocycles. The number of nitrogens with one attached hydrogen (secondary N) is 1. The van der Waals surface area contributed by atoms with Gasteiger partial charge in [-0.2, -0.15) is 0 Å². The van der Waals surface area contributed by atoms with E-state index >= 15 is 0 Å². The number of hydrogen-bond acceptors (Lipinski definition) is 2. The Morgan fingerprint density at radius 2 is 2.00 bits per heavy atom. The lowest BCUT2D eigenvalue weighted by molar-refractivity contribution is 0.0957. The van der Waals surface area contributed by atoms with Crippen molar-refractivity contribution in [3.05, 3.63) is 55.1 Å². The number of amides is 1. The van der Waals surface area contributed by atoms with E-state index in [9.17, 15) is 4.79 Å². The molecule has 0 spiro atoms. The molecule has 1 aromatic heterocycles. The van der Waals surface area contributed by atoms with Crippen LogP contribution in [0.25, 0.3) is 0 Å². The molecule has 2 nitrogen and oxygen atoms in total. The van der Waals surface area contributed by atoms with Crippen molar-refractivity contribution in [2.24, 2.45) is 0 Å². The molecule has 1 heterocycles. The van der Waals surface area contributed by atoms with Crippen molar-refractivity contribution in [2.75, 3.05) is 6.54 Å². The van der Waals surface area contributed by atoms with Crippen LogP contribution in [-0.2, 0) is 0 Å². The van der Waals surface area contributed by atoms with Gasteiger partial charge in [0.25, 0.3) is 5.91 Å². The summed E-state index contributed by atoms with van der Waals surface area (Å²) in [5.41, 5.74) is 0.998. The predicted molar refractivity (Wildman–Crippen MR) is 87.1 cm³/mol. The Labute approximate surface area is 137 Å². The second-order valence-corrected chi connectivity index (χ2v) is 7.57. The molecule has 0 bridgehead atoms. The lowest BCUT2D eigenvalue weighted by Crippen LogP contribution is -2.26. The molecule has 0 aliphatic carbocycles. The summed E-state index contributed by atoms with van der Waals surface area (Å²) in [7, 11) is 0. The maximum Gasteiger partial charge on any atom is 0.261 e. The van der Waals surface area contributed by atoms with Crippen LogP contribution < -0.4 is 5.32 Å². The second-order valence-electron chi connectivity index (χ2n) is 3.82. The maximum atomic E-state index is 11.9. The molecular formula is C13H10Br2ClNOS. The number of hydrogen-bond donors (Lipinski definition) is 1. The van der Waals surface area contributed by atoms with Gasteiger partial charge >= 0.3 is 0 Å². The van der Waals surface area contributed by atoms with E-state index in [1.807, 2.05) is 30.3 Å². The minimum absolute atomic E-state index is 0.113. The van der Waals surface area contributed by atoms with Crippen LogP contribution in [0.15, 0.2) is 44.7 Å². The van der Waals surface area contributed by atoms with Gasteiger partial charge in [-0.25, -0.2) is 0 Å². The summed E-state index contributed by atoms with van der Waals surface area (Å²) in [6.45, 7) is 0.400. The molecule has 0 saturated heterocycles. The van der Waals surface area contributed by atoms with E-state index in [1.165, 1.54) is 11.3 Å². The Bertz CT molecular complexity index is 554. The SMILES string of the molecule is O=C(NCC(Cl)c1ccccc1)c1cc(Br)c(Br)s1. The standard InChI is InChI=1S/C13H10Br2ClNOS/c14-9-6-11(19-12(9)15)13(18)17-7-10(16)8-4-2-1-3-5-8/h1-6,10H,7H2,(H,17,18). The number of carbonyl (C=O) groups excluding carboxylic acids is 1. The molecular weight excluding hydrogens is 413 g/mol. The lowest BCUT2D eigenvalue weighted by atomic mass is 10.1. The average molecular weight is 424 g/mol. The third-order valence-electron chi connectivity index (χ3n) is 2.47. The van der Waals surface area contributed by atoms with Gasteiger partial charge in [-0.1, -0.05) is 30.3 Å². The van der Waals surface area contributed by atoms with Crippen LogP contribution >= 0.6 is 54.8 Å². The Hall–Kier alpha value is -0.360. The average Bonchev–Trinajstić information content (AvgIpc) is 2.77. The summed E-state index contributed by atoms with van der Waals surface area (Å²) in [6.07, 6.45) is 0. The zero-order valence-electron chi connectivity index (χ0n) is 9.70. The summed E-state index contributed by atoms with van der Waals surface area (Å²) in [4.78, 5) is 12.6. The highest BCUT2D eigenvalue weighted by Crippen LogP contribution is 2.32. The molecule has 1 atom stereocenters. The number of carbonyl (C=O) groups is 1.